The van der Waals surface area contributed by atoms with Crippen molar-refractivity contribution < 1.29 is 9.47 Å². The van der Waals surface area contributed by atoms with Crippen molar-refractivity contribution in [1.82, 2.24) is 9.55 Å². The van der Waals surface area contributed by atoms with Crippen LogP contribution in [0.25, 0.3) is 22.4 Å². The number of rotatable bonds is 13. The Morgan fingerprint density at radius 2 is 1.42 bits per heavy atom. The monoisotopic (exact) mass is 444 g/mol. The molecule has 2 aromatic carbocycles. The van der Waals surface area contributed by atoms with Crippen LogP contribution in [-0.4, -0.2) is 23.8 Å². The summed E-state index contributed by atoms with van der Waals surface area (Å²) < 4.78 is 13.3. The molecule has 0 saturated heterocycles. The Labute approximate surface area is 193 Å². The number of imidazole rings is 1. The molecular weight excluding hydrogens is 408 g/mol. The third-order valence-electron chi connectivity index (χ3n) is 5.78. The smallest absolute Gasteiger partial charge is 0.161 e. The number of para-hydroxylation sites is 2. The molecule has 0 N–H and O–H groups in total. The van der Waals surface area contributed by atoms with Gasteiger partial charge in [0.05, 0.1) is 25.3 Å². The van der Waals surface area contributed by atoms with E-state index in [0.717, 1.165) is 34.9 Å². The number of aryl methyl sites for hydroxylation is 1. The van der Waals surface area contributed by atoms with Crippen LogP contribution < -0.4 is 9.47 Å². The predicted molar refractivity (Wildman–Crippen MR) is 133 cm³/mol. The van der Waals surface area contributed by atoms with E-state index in [1.165, 1.54) is 63.3 Å². The van der Waals surface area contributed by atoms with E-state index < -0.39 is 0 Å². The molecule has 0 aliphatic carbocycles. The van der Waals surface area contributed by atoms with Crippen LogP contribution in [-0.2, 0) is 6.54 Å². The summed E-state index contributed by atoms with van der Waals surface area (Å²) >= 11 is 0. The van der Waals surface area contributed by atoms with E-state index in [1.807, 2.05) is 12.1 Å². The molecular formula is C26H37ClN2O2. The van der Waals surface area contributed by atoms with Gasteiger partial charge in [0.15, 0.2) is 11.5 Å². The summed E-state index contributed by atoms with van der Waals surface area (Å²) in [7, 11) is 3.34. The minimum atomic E-state index is 0. The van der Waals surface area contributed by atoms with Gasteiger partial charge in [0.2, 0.25) is 0 Å². The van der Waals surface area contributed by atoms with Crippen molar-refractivity contribution in [2.75, 3.05) is 14.2 Å². The number of aromatic nitrogens is 2. The van der Waals surface area contributed by atoms with Gasteiger partial charge in [0, 0.05) is 12.1 Å². The first-order valence-corrected chi connectivity index (χ1v) is 11.5. The Morgan fingerprint density at radius 3 is 2.10 bits per heavy atom. The molecule has 31 heavy (non-hydrogen) atoms. The summed E-state index contributed by atoms with van der Waals surface area (Å²) in [6.07, 6.45) is 12.0. The number of nitrogens with zero attached hydrogens (tertiary/aromatic N) is 2. The third-order valence-corrected chi connectivity index (χ3v) is 5.78. The number of unbranched alkanes of at least 4 members (excludes halogenated alkanes) is 8. The van der Waals surface area contributed by atoms with E-state index in [2.05, 4.69) is 41.8 Å². The number of hydrogen-bond acceptors (Lipinski definition) is 3. The Balaban J connectivity index is 0.00000341. The highest BCUT2D eigenvalue weighted by Crippen LogP contribution is 2.33. The average molecular weight is 445 g/mol. The van der Waals surface area contributed by atoms with Crippen LogP contribution in [0.2, 0.25) is 0 Å². The van der Waals surface area contributed by atoms with E-state index >= 15 is 0 Å². The topological polar surface area (TPSA) is 36.3 Å². The van der Waals surface area contributed by atoms with Gasteiger partial charge in [0.25, 0.3) is 0 Å². The van der Waals surface area contributed by atoms with E-state index in [-0.39, 0.29) is 12.4 Å². The highest BCUT2D eigenvalue weighted by Gasteiger charge is 2.14. The molecule has 170 valence electrons. The highest BCUT2D eigenvalue weighted by molar-refractivity contribution is 5.85. The van der Waals surface area contributed by atoms with Crippen molar-refractivity contribution in [2.45, 2.75) is 71.3 Å². The molecule has 1 aromatic heterocycles. The molecule has 0 aliphatic heterocycles. The number of benzene rings is 2. The van der Waals surface area contributed by atoms with Crippen molar-refractivity contribution in [2.24, 2.45) is 0 Å². The number of methoxy groups -OCH3 is 2. The lowest BCUT2D eigenvalue weighted by molar-refractivity contribution is 0.355. The molecule has 3 aromatic rings. The van der Waals surface area contributed by atoms with Crippen LogP contribution in [0.1, 0.15) is 64.7 Å². The quantitative estimate of drug-likeness (QED) is 0.254. The molecule has 4 nitrogen and oxygen atoms in total. The van der Waals surface area contributed by atoms with Crippen molar-refractivity contribution in [3.8, 4) is 22.9 Å². The fourth-order valence-corrected chi connectivity index (χ4v) is 4.08. The van der Waals surface area contributed by atoms with Crippen molar-refractivity contribution in [1.29, 1.82) is 0 Å². The Morgan fingerprint density at radius 1 is 0.774 bits per heavy atom. The van der Waals surface area contributed by atoms with E-state index in [1.54, 1.807) is 14.2 Å². The fraction of sp³-hybridized carbons (Fsp3) is 0.500. The maximum absolute atomic E-state index is 5.51. The van der Waals surface area contributed by atoms with Crippen molar-refractivity contribution in [3.05, 3.63) is 42.5 Å². The third kappa shape index (κ3) is 6.64. The normalized spacial score (nSPS) is 10.8. The second-order valence-corrected chi connectivity index (χ2v) is 7.97. The molecule has 3 rings (SSSR count). The summed E-state index contributed by atoms with van der Waals surface area (Å²) in [5.74, 6) is 2.47. The minimum absolute atomic E-state index is 0. The Bertz CT molecular complexity index is 923. The number of ether oxygens (including phenoxy) is 2. The zero-order chi connectivity index (χ0) is 21.2. The SMILES string of the molecule is CCCCCCCCCCCn1c(-c2ccc(OC)c(OC)c2)nc2ccccc21.Cl. The van der Waals surface area contributed by atoms with Gasteiger partial charge in [-0.3, -0.25) is 0 Å². The van der Waals surface area contributed by atoms with Gasteiger partial charge in [-0.1, -0.05) is 70.4 Å². The largest absolute Gasteiger partial charge is 0.493 e. The Hall–Kier alpha value is -2.20. The summed E-state index contributed by atoms with van der Waals surface area (Å²) in [4.78, 5) is 4.94. The number of halogens is 1. The molecule has 5 heteroatoms. The second-order valence-electron chi connectivity index (χ2n) is 7.97. The lowest BCUT2D eigenvalue weighted by atomic mass is 10.1. The molecule has 0 spiro atoms. The van der Waals surface area contributed by atoms with Crippen molar-refractivity contribution >= 4 is 23.4 Å². The molecule has 0 radical (unpaired) electrons. The van der Waals surface area contributed by atoms with Gasteiger partial charge in [-0.2, -0.15) is 0 Å². The Kier molecular flexibility index (Phi) is 10.7. The van der Waals surface area contributed by atoms with E-state index in [4.69, 9.17) is 14.5 Å². The van der Waals surface area contributed by atoms with Gasteiger partial charge < -0.3 is 14.0 Å². The van der Waals surface area contributed by atoms with E-state index in [0.29, 0.717) is 0 Å². The van der Waals surface area contributed by atoms with Crippen LogP contribution >= 0.6 is 12.4 Å². The van der Waals surface area contributed by atoms with Gasteiger partial charge in [-0.25, -0.2) is 4.98 Å². The maximum atomic E-state index is 5.51. The van der Waals surface area contributed by atoms with Gasteiger partial charge >= 0.3 is 0 Å². The van der Waals surface area contributed by atoms with Crippen molar-refractivity contribution in [3.63, 3.8) is 0 Å². The summed E-state index contributed by atoms with van der Waals surface area (Å²) in [5.41, 5.74) is 3.29. The molecule has 1 heterocycles. The van der Waals surface area contributed by atoms with Gasteiger partial charge in [-0.15, -0.1) is 12.4 Å². The lowest BCUT2D eigenvalue weighted by Gasteiger charge is -2.12. The van der Waals surface area contributed by atoms with Crippen LogP contribution in [0.5, 0.6) is 11.5 Å². The zero-order valence-corrected chi connectivity index (χ0v) is 20.0. The molecule has 0 unspecified atom stereocenters. The molecule has 0 atom stereocenters. The molecule has 0 amide bonds. The molecule has 0 bridgehead atoms. The molecule has 0 fully saturated rings. The van der Waals surface area contributed by atoms with Crippen LogP contribution in [0, 0.1) is 0 Å². The second kappa shape index (κ2) is 13.3. The fourth-order valence-electron chi connectivity index (χ4n) is 4.08. The van der Waals surface area contributed by atoms with Gasteiger partial charge in [-0.05, 0) is 36.8 Å². The first kappa shape index (κ1) is 25.1. The first-order chi connectivity index (χ1) is 14.8. The molecule has 0 saturated carbocycles. The minimum Gasteiger partial charge on any atom is -0.493 e. The highest BCUT2D eigenvalue weighted by atomic mass is 35.5. The maximum Gasteiger partial charge on any atom is 0.161 e. The van der Waals surface area contributed by atoms with Crippen LogP contribution in [0.4, 0.5) is 0 Å². The lowest BCUT2D eigenvalue weighted by Crippen LogP contribution is -2.01. The van der Waals surface area contributed by atoms with E-state index in [9.17, 15) is 0 Å². The zero-order valence-electron chi connectivity index (χ0n) is 19.2. The van der Waals surface area contributed by atoms with Gasteiger partial charge in [0.1, 0.15) is 5.82 Å². The summed E-state index contributed by atoms with van der Waals surface area (Å²) in [6, 6.07) is 14.4. The summed E-state index contributed by atoms with van der Waals surface area (Å²) in [5, 5.41) is 0. The number of hydrogen-bond donors (Lipinski definition) is 0. The number of fused-ring (bicyclic) bond motifs is 1. The molecule has 0 aliphatic rings. The average Bonchev–Trinajstić information content (AvgIpc) is 3.16. The predicted octanol–water partition coefficient (Wildman–Crippen LogP) is 7.67. The van der Waals surface area contributed by atoms with Crippen LogP contribution in [0.3, 0.4) is 0 Å². The summed E-state index contributed by atoms with van der Waals surface area (Å²) in [6.45, 7) is 3.26. The standard InChI is InChI=1S/C26H36N2O2.ClH/c1-4-5-6-7-8-9-10-11-14-19-28-23-16-13-12-15-22(23)27-26(28)21-17-18-24(29-2)25(20-21)30-3;/h12-13,15-18,20H,4-11,14,19H2,1-3H3;1H. The van der Waals surface area contributed by atoms with Crippen LogP contribution in [0.15, 0.2) is 42.5 Å². The first-order valence-electron chi connectivity index (χ1n) is 11.5.